The molecule has 0 fully saturated rings. The van der Waals surface area contributed by atoms with Gasteiger partial charge in [0.25, 0.3) is 0 Å². The minimum atomic E-state index is 0.0681. The van der Waals surface area contributed by atoms with Crippen molar-refractivity contribution in [2.24, 2.45) is 5.10 Å². The lowest BCUT2D eigenvalue weighted by Crippen LogP contribution is -1.99. The Labute approximate surface area is 185 Å². The molecule has 29 heavy (non-hydrogen) atoms. The highest BCUT2D eigenvalue weighted by Crippen LogP contribution is 2.37. The average Bonchev–Trinajstić information content (AvgIpc) is 2.70. The summed E-state index contributed by atoms with van der Waals surface area (Å²) in [7, 11) is 3.17. The van der Waals surface area contributed by atoms with Crippen LogP contribution in [0, 0.1) is 6.92 Å². The van der Waals surface area contributed by atoms with Gasteiger partial charge in [-0.05, 0) is 58.7 Å². The van der Waals surface area contributed by atoms with E-state index in [0.717, 1.165) is 15.7 Å². The third-order valence-corrected chi connectivity index (χ3v) is 4.99. The van der Waals surface area contributed by atoms with Crippen LogP contribution in [-0.2, 0) is 0 Å². The van der Waals surface area contributed by atoms with E-state index >= 15 is 0 Å². The lowest BCUT2D eigenvalue weighted by molar-refractivity contribution is 0.355. The van der Waals surface area contributed by atoms with Crippen molar-refractivity contribution in [3.05, 3.63) is 56.6 Å². The molecular weight excluding hydrogens is 504 g/mol. The molecule has 0 saturated heterocycles. The molecule has 2 N–H and O–H groups in total. The molecule has 0 unspecified atom stereocenters. The van der Waals surface area contributed by atoms with E-state index in [2.05, 4.69) is 52.4 Å². The van der Waals surface area contributed by atoms with Gasteiger partial charge in [-0.3, -0.25) is 5.43 Å². The van der Waals surface area contributed by atoms with E-state index in [-0.39, 0.29) is 5.75 Å². The van der Waals surface area contributed by atoms with Crippen molar-refractivity contribution in [2.45, 2.75) is 6.92 Å². The zero-order chi connectivity index (χ0) is 21.0. The van der Waals surface area contributed by atoms with Crippen LogP contribution in [0.1, 0.15) is 11.3 Å². The number of aromatic hydroxyl groups is 1. The molecule has 0 saturated carbocycles. The average molecular weight is 522 g/mol. The first kappa shape index (κ1) is 21.1. The standard InChI is InChI=1S/C20H18Br2N4O3/c1-11-6-18(25-20(24-11)14-8-13(21)9-15(22)19(14)27)26-23-10-12-4-5-16(28-2)17(7-12)29-3/h4-10,27H,1-3H3,(H,24,25,26). The van der Waals surface area contributed by atoms with E-state index in [9.17, 15) is 5.11 Å². The minimum absolute atomic E-state index is 0.0681. The zero-order valence-electron chi connectivity index (χ0n) is 15.9. The summed E-state index contributed by atoms with van der Waals surface area (Å²) in [6, 6.07) is 10.8. The van der Waals surface area contributed by atoms with Gasteiger partial charge in [0.15, 0.2) is 23.1 Å². The molecule has 0 spiro atoms. The zero-order valence-corrected chi connectivity index (χ0v) is 19.1. The topological polar surface area (TPSA) is 88.9 Å². The Kier molecular flexibility index (Phi) is 6.71. The highest BCUT2D eigenvalue weighted by atomic mass is 79.9. The molecule has 0 atom stereocenters. The molecule has 9 heteroatoms. The molecule has 0 aliphatic rings. The lowest BCUT2D eigenvalue weighted by Gasteiger charge is -2.09. The Morgan fingerprint density at radius 3 is 2.52 bits per heavy atom. The maximum atomic E-state index is 10.4. The SMILES string of the molecule is COc1ccc(C=NNc2cc(C)nc(-c3cc(Br)cc(Br)c3O)n2)cc1OC. The number of nitrogens with zero attached hydrogens (tertiary/aromatic N) is 3. The van der Waals surface area contributed by atoms with Crippen LogP contribution in [0.4, 0.5) is 5.82 Å². The van der Waals surface area contributed by atoms with Crippen molar-refractivity contribution >= 4 is 43.9 Å². The Bertz CT molecular complexity index is 1070. The fourth-order valence-corrected chi connectivity index (χ4v) is 3.81. The molecule has 150 valence electrons. The number of anilines is 1. The number of ether oxygens (including phenoxy) is 2. The highest BCUT2D eigenvalue weighted by molar-refractivity contribution is 9.11. The second-order valence-corrected chi connectivity index (χ2v) is 7.76. The Hall–Kier alpha value is -2.65. The van der Waals surface area contributed by atoms with Crippen LogP contribution < -0.4 is 14.9 Å². The summed E-state index contributed by atoms with van der Waals surface area (Å²) in [6.07, 6.45) is 1.65. The minimum Gasteiger partial charge on any atom is -0.506 e. The highest BCUT2D eigenvalue weighted by Gasteiger charge is 2.13. The Morgan fingerprint density at radius 2 is 1.79 bits per heavy atom. The van der Waals surface area contributed by atoms with Crippen LogP contribution in [0.5, 0.6) is 17.2 Å². The van der Waals surface area contributed by atoms with E-state index < -0.39 is 0 Å². The second kappa shape index (κ2) is 9.23. The number of halogens is 2. The van der Waals surface area contributed by atoms with Gasteiger partial charge in [0.1, 0.15) is 5.75 Å². The van der Waals surface area contributed by atoms with Gasteiger partial charge in [-0.15, -0.1) is 0 Å². The van der Waals surface area contributed by atoms with Gasteiger partial charge in [-0.1, -0.05) is 15.9 Å². The molecule has 3 rings (SSSR count). The number of methoxy groups -OCH3 is 2. The molecular formula is C20H18Br2N4O3. The molecule has 0 amide bonds. The molecule has 7 nitrogen and oxygen atoms in total. The van der Waals surface area contributed by atoms with Crippen LogP contribution in [0.2, 0.25) is 0 Å². The van der Waals surface area contributed by atoms with Gasteiger partial charge in [0, 0.05) is 16.2 Å². The van der Waals surface area contributed by atoms with Crippen LogP contribution in [0.3, 0.4) is 0 Å². The summed E-state index contributed by atoms with van der Waals surface area (Å²) in [4.78, 5) is 8.88. The van der Waals surface area contributed by atoms with Gasteiger partial charge in [0.2, 0.25) is 0 Å². The number of hydrazone groups is 1. The normalized spacial score (nSPS) is 10.9. The molecule has 3 aromatic rings. The van der Waals surface area contributed by atoms with Crippen LogP contribution in [0.25, 0.3) is 11.4 Å². The van der Waals surface area contributed by atoms with Crippen LogP contribution in [-0.4, -0.2) is 35.5 Å². The van der Waals surface area contributed by atoms with Crippen molar-refractivity contribution in [1.29, 1.82) is 0 Å². The number of rotatable bonds is 6. The Morgan fingerprint density at radius 1 is 1.03 bits per heavy atom. The van der Waals surface area contributed by atoms with Crippen molar-refractivity contribution in [2.75, 3.05) is 19.6 Å². The molecule has 2 aromatic carbocycles. The van der Waals surface area contributed by atoms with Crippen LogP contribution >= 0.6 is 31.9 Å². The number of aromatic nitrogens is 2. The first-order valence-electron chi connectivity index (χ1n) is 8.46. The largest absolute Gasteiger partial charge is 0.506 e. The number of nitrogens with one attached hydrogen (secondary N) is 1. The third-order valence-electron chi connectivity index (χ3n) is 3.92. The molecule has 1 heterocycles. The summed E-state index contributed by atoms with van der Waals surface area (Å²) in [5.41, 5.74) is 4.96. The summed E-state index contributed by atoms with van der Waals surface area (Å²) in [5.74, 6) is 2.22. The molecule has 0 aliphatic heterocycles. The first-order chi connectivity index (χ1) is 13.9. The van der Waals surface area contributed by atoms with Gasteiger partial charge in [-0.25, -0.2) is 9.97 Å². The van der Waals surface area contributed by atoms with Crippen LogP contribution in [0.15, 0.2) is 50.4 Å². The van der Waals surface area contributed by atoms with Gasteiger partial charge >= 0.3 is 0 Å². The van der Waals surface area contributed by atoms with E-state index in [0.29, 0.717) is 33.2 Å². The van der Waals surface area contributed by atoms with Gasteiger partial charge in [-0.2, -0.15) is 5.10 Å². The lowest BCUT2D eigenvalue weighted by atomic mass is 10.2. The fraction of sp³-hybridized carbons (Fsp3) is 0.150. The van der Waals surface area contributed by atoms with Gasteiger partial charge in [0.05, 0.1) is 30.5 Å². The smallest absolute Gasteiger partial charge is 0.165 e. The first-order valence-corrected chi connectivity index (χ1v) is 10.0. The number of phenols is 1. The molecule has 0 bridgehead atoms. The number of hydrogen-bond donors (Lipinski definition) is 2. The van der Waals surface area contributed by atoms with Crippen molar-refractivity contribution in [3.63, 3.8) is 0 Å². The van der Waals surface area contributed by atoms with E-state index in [4.69, 9.17) is 9.47 Å². The number of benzene rings is 2. The summed E-state index contributed by atoms with van der Waals surface area (Å²) >= 11 is 6.74. The number of phenolic OH excluding ortho intramolecular Hbond substituents is 1. The van der Waals surface area contributed by atoms with E-state index in [1.165, 1.54) is 0 Å². The second-order valence-electron chi connectivity index (χ2n) is 5.99. The van der Waals surface area contributed by atoms with Crippen molar-refractivity contribution in [3.8, 4) is 28.6 Å². The number of aryl methyl sites for hydroxylation is 1. The predicted octanol–water partition coefficient (Wildman–Crippen LogP) is 5.15. The summed E-state index contributed by atoms with van der Waals surface area (Å²) < 4.78 is 11.9. The molecule has 0 radical (unpaired) electrons. The molecule has 1 aromatic heterocycles. The maximum absolute atomic E-state index is 10.4. The third kappa shape index (κ3) is 5.04. The number of hydrogen-bond acceptors (Lipinski definition) is 7. The molecule has 0 aliphatic carbocycles. The van der Waals surface area contributed by atoms with Crippen molar-refractivity contribution < 1.29 is 14.6 Å². The summed E-state index contributed by atoms with van der Waals surface area (Å²) in [6.45, 7) is 1.85. The summed E-state index contributed by atoms with van der Waals surface area (Å²) in [5, 5.41) is 14.6. The maximum Gasteiger partial charge on any atom is 0.165 e. The predicted molar refractivity (Wildman–Crippen MR) is 120 cm³/mol. The van der Waals surface area contributed by atoms with Gasteiger partial charge < -0.3 is 14.6 Å². The van der Waals surface area contributed by atoms with E-state index in [1.54, 1.807) is 44.7 Å². The Balaban J connectivity index is 1.85. The quantitative estimate of drug-likeness (QED) is 0.344. The van der Waals surface area contributed by atoms with Crippen molar-refractivity contribution in [1.82, 2.24) is 9.97 Å². The van der Waals surface area contributed by atoms with E-state index in [1.807, 2.05) is 19.1 Å². The monoisotopic (exact) mass is 520 g/mol. The fourth-order valence-electron chi connectivity index (χ4n) is 2.59.